The number of nitrogens with one attached hydrogen (secondary N) is 1. The monoisotopic (exact) mass is 251 g/mol. The summed E-state index contributed by atoms with van der Waals surface area (Å²) in [4.78, 5) is 12.2. The highest BCUT2D eigenvalue weighted by Crippen LogP contribution is 2.27. The maximum atomic E-state index is 12.2. The Morgan fingerprint density at radius 2 is 2.39 bits per heavy atom. The minimum absolute atomic E-state index is 0.0541. The summed E-state index contributed by atoms with van der Waals surface area (Å²) in [6.45, 7) is 4.11. The van der Waals surface area contributed by atoms with Crippen molar-refractivity contribution in [2.75, 3.05) is 20.2 Å². The van der Waals surface area contributed by atoms with Crippen LogP contribution in [0.25, 0.3) is 0 Å². The summed E-state index contributed by atoms with van der Waals surface area (Å²) in [6, 6.07) is 0. The minimum atomic E-state index is 0.0541. The summed E-state index contributed by atoms with van der Waals surface area (Å²) in [5.74, 6) is 1.40. The Morgan fingerprint density at radius 3 is 3.00 bits per heavy atom. The van der Waals surface area contributed by atoms with Crippen molar-refractivity contribution < 1.29 is 9.53 Å². The van der Waals surface area contributed by atoms with Gasteiger partial charge in [0, 0.05) is 6.54 Å². The third-order valence-electron chi connectivity index (χ3n) is 3.14. The predicted molar refractivity (Wildman–Crippen MR) is 69.0 cm³/mol. The van der Waals surface area contributed by atoms with Gasteiger partial charge in [-0.2, -0.15) is 5.10 Å². The molecule has 0 atom stereocenters. The molecule has 100 valence electrons. The molecule has 1 aromatic rings. The van der Waals surface area contributed by atoms with Crippen LogP contribution < -0.4 is 10.1 Å². The number of ether oxygens (including phenoxy) is 1. The number of carbonyl (C=O) groups excluding carboxylic acids is 1. The Balaban J connectivity index is 1.98. The van der Waals surface area contributed by atoms with Crippen molar-refractivity contribution in [1.29, 1.82) is 0 Å². The van der Waals surface area contributed by atoms with E-state index in [4.69, 9.17) is 4.74 Å². The van der Waals surface area contributed by atoms with E-state index in [0.29, 0.717) is 18.0 Å². The van der Waals surface area contributed by atoms with Gasteiger partial charge in [-0.1, -0.05) is 6.92 Å². The molecule has 1 aliphatic carbocycles. The normalized spacial score (nSPS) is 14.8. The molecular weight excluding hydrogens is 230 g/mol. The standard InChI is InChI=1S/C13H21N3O2/c1-3-6-16-13(12(18-2)9-15-16)11(17)8-14-7-10-4-5-10/h9-10,14H,3-8H2,1-2H3. The van der Waals surface area contributed by atoms with Crippen LogP contribution in [-0.4, -0.2) is 35.8 Å². The van der Waals surface area contributed by atoms with E-state index in [2.05, 4.69) is 17.3 Å². The van der Waals surface area contributed by atoms with Gasteiger partial charge in [-0.3, -0.25) is 9.48 Å². The summed E-state index contributed by atoms with van der Waals surface area (Å²) in [5.41, 5.74) is 0.586. The van der Waals surface area contributed by atoms with E-state index in [1.165, 1.54) is 12.8 Å². The summed E-state index contributed by atoms with van der Waals surface area (Å²) in [7, 11) is 1.57. The number of aryl methyl sites for hydroxylation is 1. The van der Waals surface area contributed by atoms with Gasteiger partial charge in [-0.25, -0.2) is 0 Å². The molecule has 0 amide bonds. The van der Waals surface area contributed by atoms with Crippen molar-refractivity contribution in [2.24, 2.45) is 5.92 Å². The number of rotatable bonds is 8. The van der Waals surface area contributed by atoms with Gasteiger partial charge >= 0.3 is 0 Å². The van der Waals surface area contributed by atoms with Crippen LogP contribution in [0.4, 0.5) is 0 Å². The first-order chi connectivity index (χ1) is 8.76. The number of hydrogen-bond donors (Lipinski definition) is 1. The fourth-order valence-corrected chi connectivity index (χ4v) is 1.98. The number of carbonyl (C=O) groups is 1. The highest BCUT2D eigenvalue weighted by Gasteiger charge is 2.22. The molecule has 0 spiro atoms. The average molecular weight is 251 g/mol. The first-order valence-corrected chi connectivity index (χ1v) is 6.60. The van der Waals surface area contributed by atoms with Crippen molar-refractivity contribution in [1.82, 2.24) is 15.1 Å². The zero-order valence-corrected chi connectivity index (χ0v) is 11.1. The lowest BCUT2D eigenvalue weighted by atomic mass is 10.2. The lowest BCUT2D eigenvalue weighted by molar-refractivity contribution is 0.0977. The van der Waals surface area contributed by atoms with Crippen LogP contribution in [0.3, 0.4) is 0 Å². The molecule has 2 rings (SSSR count). The molecule has 1 fully saturated rings. The first kappa shape index (κ1) is 13.1. The van der Waals surface area contributed by atoms with Gasteiger partial charge in [0.2, 0.25) is 0 Å². The molecule has 5 nitrogen and oxygen atoms in total. The highest BCUT2D eigenvalue weighted by atomic mass is 16.5. The van der Waals surface area contributed by atoms with Crippen molar-refractivity contribution in [3.8, 4) is 5.75 Å². The van der Waals surface area contributed by atoms with Crippen LogP contribution in [0.2, 0.25) is 0 Å². The van der Waals surface area contributed by atoms with E-state index in [1.807, 2.05) is 0 Å². The fourth-order valence-electron chi connectivity index (χ4n) is 1.98. The van der Waals surface area contributed by atoms with Gasteiger partial charge < -0.3 is 10.1 Å². The second-order valence-electron chi connectivity index (χ2n) is 4.78. The Morgan fingerprint density at radius 1 is 1.61 bits per heavy atom. The Kier molecular flexibility index (Phi) is 4.36. The summed E-state index contributed by atoms with van der Waals surface area (Å²) >= 11 is 0. The van der Waals surface area contributed by atoms with E-state index < -0.39 is 0 Å². The number of nitrogens with zero attached hydrogens (tertiary/aromatic N) is 2. The Hall–Kier alpha value is -1.36. The van der Waals surface area contributed by atoms with Gasteiger partial charge in [0.1, 0.15) is 5.69 Å². The Labute approximate surface area is 108 Å². The molecular formula is C13H21N3O2. The van der Waals surface area contributed by atoms with E-state index >= 15 is 0 Å². The molecule has 18 heavy (non-hydrogen) atoms. The van der Waals surface area contributed by atoms with Crippen LogP contribution in [0, 0.1) is 5.92 Å². The zero-order valence-electron chi connectivity index (χ0n) is 11.1. The van der Waals surface area contributed by atoms with E-state index in [9.17, 15) is 4.79 Å². The molecule has 1 aliphatic rings. The number of Topliss-reactive ketones (excluding diaryl/α,β-unsaturated/α-hetero) is 1. The quantitative estimate of drug-likeness (QED) is 0.711. The van der Waals surface area contributed by atoms with Gasteiger partial charge in [-0.15, -0.1) is 0 Å². The zero-order chi connectivity index (χ0) is 13.0. The number of hydrogen-bond acceptors (Lipinski definition) is 4. The molecule has 0 aliphatic heterocycles. The van der Waals surface area contributed by atoms with Crippen LogP contribution >= 0.6 is 0 Å². The number of methoxy groups -OCH3 is 1. The molecule has 1 heterocycles. The lowest BCUT2D eigenvalue weighted by Gasteiger charge is -2.08. The topological polar surface area (TPSA) is 56.2 Å². The maximum Gasteiger partial charge on any atom is 0.198 e. The molecule has 1 saturated carbocycles. The van der Waals surface area contributed by atoms with E-state index in [-0.39, 0.29) is 5.78 Å². The second kappa shape index (κ2) is 6.00. The van der Waals surface area contributed by atoms with Gasteiger partial charge in [-0.05, 0) is 31.7 Å². The molecule has 0 aromatic carbocycles. The third kappa shape index (κ3) is 3.10. The maximum absolute atomic E-state index is 12.2. The van der Waals surface area contributed by atoms with Crippen LogP contribution in [0.1, 0.15) is 36.7 Å². The van der Waals surface area contributed by atoms with Crippen molar-refractivity contribution in [2.45, 2.75) is 32.7 Å². The molecule has 1 N–H and O–H groups in total. The summed E-state index contributed by atoms with van der Waals surface area (Å²) in [5, 5.41) is 7.41. The lowest BCUT2D eigenvalue weighted by Crippen LogP contribution is -2.27. The van der Waals surface area contributed by atoms with Crippen molar-refractivity contribution in [3.63, 3.8) is 0 Å². The molecule has 0 unspecified atom stereocenters. The van der Waals surface area contributed by atoms with Crippen molar-refractivity contribution in [3.05, 3.63) is 11.9 Å². The Bertz CT molecular complexity index is 410. The third-order valence-corrected chi connectivity index (χ3v) is 3.14. The molecule has 0 saturated heterocycles. The minimum Gasteiger partial charge on any atom is -0.493 e. The summed E-state index contributed by atoms with van der Waals surface area (Å²) in [6.07, 6.45) is 5.14. The van der Waals surface area contributed by atoms with Crippen LogP contribution in [-0.2, 0) is 6.54 Å². The van der Waals surface area contributed by atoms with Crippen LogP contribution in [0.15, 0.2) is 6.20 Å². The summed E-state index contributed by atoms with van der Waals surface area (Å²) < 4.78 is 6.94. The molecule has 0 bridgehead atoms. The fraction of sp³-hybridized carbons (Fsp3) is 0.692. The SMILES string of the molecule is CCCn1ncc(OC)c1C(=O)CNCC1CC1. The van der Waals surface area contributed by atoms with Crippen LogP contribution in [0.5, 0.6) is 5.75 Å². The average Bonchev–Trinajstić information content (AvgIpc) is 3.09. The largest absolute Gasteiger partial charge is 0.493 e. The van der Waals surface area contributed by atoms with Crippen molar-refractivity contribution >= 4 is 5.78 Å². The van der Waals surface area contributed by atoms with Gasteiger partial charge in [0.25, 0.3) is 0 Å². The first-order valence-electron chi connectivity index (χ1n) is 6.60. The van der Waals surface area contributed by atoms with Gasteiger partial charge in [0.15, 0.2) is 11.5 Å². The highest BCUT2D eigenvalue weighted by molar-refractivity contribution is 5.98. The molecule has 0 radical (unpaired) electrons. The second-order valence-corrected chi connectivity index (χ2v) is 4.78. The number of aromatic nitrogens is 2. The molecule has 5 heteroatoms. The van der Waals surface area contributed by atoms with E-state index in [1.54, 1.807) is 18.0 Å². The number of ketones is 1. The predicted octanol–water partition coefficient (Wildman–Crippen LogP) is 1.48. The van der Waals surface area contributed by atoms with Gasteiger partial charge in [0.05, 0.1) is 19.9 Å². The smallest absolute Gasteiger partial charge is 0.198 e. The van der Waals surface area contributed by atoms with E-state index in [0.717, 1.165) is 25.4 Å². The molecule has 1 aromatic heterocycles.